The Morgan fingerprint density at radius 3 is 2.40 bits per heavy atom. The number of ketones is 1. The van der Waals surface area contributed by atoms with Gasteiger partial charge in [0.15, 0.2) is 5.78 Å². The SMILES string of the molecule is CNC1=C(c2ccc(Cl)c(C(F)(F)F)c2)C(=O)C(c2ccccc2)S1. The highest BCUT2D eigenvalue weighted by Crippen LogP contribution is 2.48. The summed E-state index contributed by atoms with van der Waals surface area (Å²) in [6.45, 7) is 0. The van der Waals surface area contributed by atoms with Gasteiger partial charge < -0.3 is 5.32 Å². The van der Waals surface area contributed by atoms with Crippen molar-refractivity contribution >= 4 is 34.7 Å². The molecule has 0 aromatic heterocycles. The zero-order chi connectivity index (χ0) is 18.2. The first-order valence-corrected chi connectivity index (χ1v) is 8.63. The van der Waals surface area contributed by atoms with Gasteiger partial charge in [-0.3, -0.25) is 4.79 Å². The van der Waals surface area contributed by atoms with E-state index in [-0.39, 0.29) is 21.9 Å². The fourth-order valence-electron chi connectivity index (χ4n) is 2.68. The van der Waals surface area contributed by atoms with Gasteiger partial charge >= 0.3 is 6.18 Å². The molecule has 0 bridgehead atoms. The van der Waals surface area contributed by atoms with Crippen molar-refractivity contribution < 1.29 is 18.0 Å². The van der Waals surface area contributed by atoms with E-state index in [0.29, 0.717) is 5.03 Å². The molecule has 130 valence electrons. The van der Waals surface area contributed by atoms with E-state index < -0.39 is 17.0 Å². The van der Waals surface area contributed by atoms with Gasteiger partial charge in [0.05, 0.1) is 26.4 Å². The van der Waals surface area contributed by atoms with Crippen LogP contribution < -0.4 is 5.32 Å². The Morgan fingerprint density at radius 2 is 1.80 bits per heavy atom. The molecular formula is C18H13ClF3NOS. The summed E-state index contributed by atoms with van der Waals surface area (Å²) < 4.78 is 39.4. The van der Waals surface area contributed by atoms with Gasteiger partial charge in [0.25, 0.3) is 0 Å². The van der Waals surface area contributed by atoms with Crippen LogP contribution in [0.25, 0.3) is 5.57 Å². The summed E-state index contributed by atoms with van der Waals surface area (Å²) in [4.78, 5) is 12.9. The van der Waals surface area contributed by atoms with E-state index in [1.54, 1.807) is 7.05 Å². The van der Waals surface area contributed by atoms with Gasteiger partial charge in [-0.05, 0) is 23.3 Å². The molecule has 0 amide bonds. The van der Waals surface area contributed by atoms with Gasteiger partial charge in [-0.25, -0.2) is 0 Å². The smallest absolute Gasteiger partial charge is 0.382 e. The van der Waals surface area contributed by atoms with E-state index >= 15 is 0 Å². The maximum absolute atomic E-state index is 13.1. The van der Waals surface area contributed by atoms with Crippen LogP contribution in [0, 0.1) is 0 Å². The number of halogens is 4. The molecule has 2 aromatic rings. The highest BCUT2D eigenvalue weighted by molar-refractivity contribution is 8.04. The minimum Gasteiger partial charge on any atom is -0.382 e. The number of allylic oxidation sites excluding steroid dienone is 1. The monoisotopic (exact) mass is 383 g/mol. The molecule has 1 N–H and O–H groups in total. The van der Waals surface area contributed by atoms with E-state index in [9.17, 15) is 18.0 Å². The van der Waals surface area contributed by atoms with Crippen molar-refractivity contribution in [3.05, 3.63) is 75.3 Å². The predicted octanol–water partition coefficient (Wildman–Crippen LogP) is 5.30. The van der Waals surface area contributed by atoms with Crippen molar-refractivity contribution in [3.8, 4) is 0 Å². The van der Waals surface area contributed by atoms with Gasteiger partial charge in [0, 0.05) is 7.05 Å². The third-order valence-corrected chi connectivity index (χ3v) is 5.53. The molecule has 0 saturated heterocycles. The summed E-state index contributed by atoms with van der Waals surface area (Å²) in [6, 6.07) is 12.7. The summed E-state index contributed by atoms with van der Waals surface area (Å²) in [5.41, 5.74) is 0.321. The Kier molecular flexibility index (Phi) is 4.84. The topological polar surface area (TPSA) is 29.1 Å². The molecule has 7 heteroatoms. The molecule has 1 aliphatic heterocycles. The van der Waals surface area contributed by atoms with Crippen molar-refractivity contribution in [2.45, 2.75) is 11.4 Å². The van der Waals surface area contributed by atoms with Crippen LogP contribution in [0.15, 0.2) is 53.6 Å². The molecule has 2 nitrogen and oxygen atoms in total. The molecule has 3 rings (SSSR count). The average molecular weight is 384 g/mol. The van der Waals surface area contributed by atoms with Crippen molar-refractivity contribution in [2.24, 2.45) is 0 Å². The standard InChI is InChI=1S/C18H13ClF3NOS/c1-23-17-14(11-7-8-13(19)12(9-11)18(20,21)22)15(24)16(25-17)10-5-3-2-4-6-10/h2-9,16,23H,1H3. The van der Waals surface area contributed by atoms with Crippen LogP contribution in [0.4, 0.5) is 13.2 Å². The van der Waals surface area contributed by atoms with E-state index in [4.69, 9.17) is 11.6 Å². The molecule has 0 fully saturated rings. The summed E-state index contributed by atoms with van der Waals surface area (Å²) in [7, 11) is 1.64. The van der Waals surface area contributed by atoms with Gasteiger partial charge in [0.1, 0.15) is 0 Å². The lowest BCUT2D eigenvalue weighted by Crippen LogP contribution is -2.10. The third kappa shape index (κ3) is 3.41. The van der Waals surface area contributed by atoms with Gasteiger partial charge in [-0.2, -0.15) is 13.2 Å². The third-order valence-electron chi connectivity index (χ3n) is 3.84. The normalized spacial score (nSPS) is 18.0. The highest BCUT2D eigenvalue weighted by Gasteiger charge is 2.38. The Labute approximate surface area is 152 Å². The number of carbonyl (C=O) groups excluding carboxylic acids is 1. The molecule has 25 heavy (non-hydrogen) atoms. The number of hydrogen-bond donors (Lipinski definition) is 1. The van der Waals surface area contributed by atoms with Crippen molar-refractivity contribution in [3.63, 3.8) is 0 Å². The summed E-state index contributed by atoms with van der Waals surface area (Å²) in [5, 5.41) is 2.60. The number of carbonyl (C=O) groups is 1. The molecule has 0 aliphatic carbocycles. The quantitative estimate of drug-likeness (QED) is 0.779. The summed E-state index contributed by atoms with van der Waals surface area (Å²) in [6.07, 6.45) is -4.58. The molecule has 0 radical (unpaired) electrons. The number of rotatable bonds is 3. The van der Waals surface area contributed by atoms with E-state index in [1.165, 1.54) is 23.9 Å². The van der Waals surface area contributed by atoms with Crippen LogP contribution in [0.5, 0.6) is 0 Å². The first kappa shape index (κ1) is 17.9. The van der Waals surface area contributed by atoms with Crippen molar-refractivity contribution in [1.82, 2.24) is 5.32 Å². The maximum Gasteiger partial charge on any atom is 0.417 e. The number of nitrogens with one attached hydrogen (secondary N) is 1. The fourth-order valence-corrected chi connectivity index (χ4v) is 4.11. The van der Waals surface area contributed by atoms with E-state index in [1.807, 2.05) is 30.3 Å². The molecular weight excluding hydrogens is 371 g/mol. The van der Waals surface area contributed by atoms with Crippen LogP contribution in [0.1, 0.15) is 21.9 Å². The van der Waals surface area contributed by atoms with Gasteiger partial charge in [-0.1, -0.05) is 59.8 Å². The molecule has 1 atom stereocenters. The Balaban J connectivity index is 2.05. The Morgan fingerprint density at radius 1 is 1.12 bits per heavy atom. The van der Waals surface area contributed by atoms with Crippen molar-refractivity contribution in [1.29, 1.82) is 0 Å². The zero-order valence-corrected chi connectivity index (χ0v) is 14.6. The van der Waals surface area contributed by atoms with Crippen molar-refractivity contribution in [2.75, 3.05) is 7.05 Å². The molecule has 1 heterocycles. The first-order valence-electron chi connectivity index (χ1n) is 7.38. The largest absolute Gasteiger partial charge is 0.417 e. The molecule has 1 aliphatic rings. The van der Waals surface area contributed by atoms with Crippen LogP contribution in [-0.2, 0) is 11.0 Å². The number of Topliss-reactive ketones (excluding diaryl/α,β-unsaturated/α-hetero) is 1. The van der Waals surface area contributed by atoms with Gasteiger partial charge in [0.2, 0.25) is 0 Å². The van der Waals surface area contributed by atoms with Crippen LogP contribution in [-0.4, -0.2) is 12.8 Å². The first-order chi connectivity index (χ1) is 11.8. The number of thioether (sulfide) groups is 1. The lowest BCUT2D eigenvalue weighted by molar-refractivity contribution is -0.137. The summed E-state index contributed by atoms with van der Waals surface area (Å²) >= 11 is 6.97. The number of alkyl halides is 3. The fraction of sp³-hybridized carbons (Fsp3) is 0.167. The minimum atomic E-state index is -4.58. The Bertz CT molecular complexity index is 849. The predicted molar refractivity (Wildman–Crippen MR) is 94.2 cm³/mol. The highest BCUT2D eigenvalue weighted by atomic mass is 35.5. The lowest BCUT2D eigenvalue weighted by atomic mass is 9.96. The minimum absolute atomic E-state index is 0.206. The second-order valence-electron chi connectivity index (χ2n) is 5.42. The van der Waals surface area contributed by atoms with Crippen LogP contribution in [0.2, 0.25) is 5.02 Å². The summed E-state index contributed by atoms with van der Waals surface area (Å²) in [5.74, 6) is -0.226. The zero-order valence-electron chi connectivity index (χ0n) is 13.0. The van der Waals surface area contributed by atoms with Gasteiger partial charge in [-0.15, -0.1) is 0 Å². The second kappa shape index (κ2) is 6.77. The maximum atomic E-state index is 13.1. The Hall–Kier alpha value is -1.92. The van der Waals surface area contributed by atoms with E-state index in [0.717, 1.165) is 11.6 Å². The number of hydrogen-bond acceptors (Lipinski definition) is 3. The molecule has 0 spiro atoms. The average Bonchev–Trinajstić information content (AvgIpc) is 2.92. The molecule has 0 saturated carbocycles. The molecule has 2 aromatic carbocycles. The number of benzene rings is 2. The molecule has 1 unspecified atom stereocenters. The van der Waals surface area contributed by atoms with E-state index in [2.05, 4.69) is 5.32 Å². The van der Waals surface area contributed by atoms with Crippen LogP contribution >= 0.6 is 23.4 Å². The lowest BCUT2D eigenvalue weighted by Gasteiger charge is -2.12. The second-order valence-corrected chi connectivity index (χ2v) is 6.94. The van der Waals surface area contributed by atoms with Crippen LogP contribution in [0.3, 0.4) is 0 Å².